The van der Waals surface area contributed by atoms with E-state index in [0.717, 1.165) is 32.1 Å². The molecule has 5 heterocycles. The third-order valence-electron chi connectivity index (χ3n) is 8.70. The highest BCUT2D eigenvalue weighted by Crippen LogP contribution is 2.48. The van der Waals surface area contributed by atoms with E-state index < -0.39 is 22.0 Å². The minimum atomic E-state index is -4.25. The first kappa shape index (κ1) is 29.4. The number of anilines is 2. The molecule has 1 saturated heterocycles. The van der Waals surface area contributed by atoms with Crippen molar-refractivity contribution < 1.29 is 23.1 Å². The van der Waals surface area contributed by atoms with E-state index in [9.17, 15) is 18.3 Å². The van der Waals surface area contributed by atoms with Crippen LogP contribution < -0.4 is 19.7 Å². The Bertz CT molecular complexity index is 1620. The summed E-state index contributed by atoms with van der Waals surface area (Å²) in [5, 5.41) is 17.8. The monoisotopic (exact) mass is 609 g/mol. The fourth-order valence-corrected chi connectivity index (χ4v) is 7.07. The molecule has 0 aromatic carbocycles. The Morgan fingerprint density at radius 2 is 1.95 bits per heavy atom. The summed E-state index contributed by atoms with van der Waals surface area (Å²) in [5.41, 5.74) is 0.0320. The zero-order valence-electron chi connectivity index (χ0n) is 24.8. The van der Waals surface area contributed by atoms with Gasteiger partial charge in [-0.05, 0) is 88.0 Å². The Labute approximate surface area is 251 Å². The van der Waals surface area contributed by atoms with Crippen LogP contribution in [-0.2, 0) is 10.0 Å². The number of carbonyl (C=O) groups is 1. The summed E-state index contributed by atoms with van der Waals surface area (Å²) >= 11 is 0. The van der Waals surface area contributed by atoms with Crippen LogP contribution in [0, 0.1) is 11.3 Å². The molecule has 1 amide bonds. The van der Waals surface area contributed by atoms with Crippen LogP contribution in [-0.4, -0.2) is 70.5 Å². The first-order valence-electron chi connectivity index (χ1n) is 14.8. The first-order chi connectivity index (χ1) is 20.4. The summed E-state index contributed by atoms with van der Waals surface area (Å²) in [7, 11) is -4.25. The molecule has 2 fully saturated rings. The van der Waals surface area contributed by atoms with Crippen LogP contribution in [0.2, 0.25) is 0 Å². The van der Waals surface area contributed by atoms with Gasteiger partial charge in [-0.2, -0.15) is 8.42 Å². The largest absolute Gasteiger partial charge is 0.474 e. The zero-order valence-corrected chi connectivity index (χ0v) is 25.6. The number of nitrogens with one attached hydrogen (secondary N) is 2. The minimum Gasteiger partial charge on any atom is -0.474 e. The summed E-state index contributed by atoms with van der Waals surface area (Å²) in [4.78, 5) is 24.8. The van der Waals surface area contributed by atoms with E-state index >= 15 is 0 Å². The standard InChI is InChI=1S/C30H39N7O5S/c1-29(2)16-20-6-5-14-31-23-7-4-8-26(32-23)43(40,41)35-28(39)22-9-10-24(33-27(22)36(29)18-20)37-15-11-25(34-37)42-19-21(38)17-30(3)12-13-30/h4,7-11,15,20-21,38H,5-6,12-14,16-19H2,1-3H3,(H,31,32)(H,35,39)/t20-,21?/m0/s1. The third kappa shape index (κ3) is 6.47. The van der Waals surface area contributed by atoms with Gasteiger partial charge in [0.2, 0.25) is 5.88 Å². The van der Waals surface area contributed by atoms with E-state index in [1.54, 1.807) is 41.2 Å². The number of nitrogens with zero attached hydrogens (tertiary/aromatic N) is 5. The van der Waals surface area contributed by atoms with Crippen LogP contribution in [0.1, 0.15) is 69.7 Å². The van der Waals surface area contributed by atoms with Crippen molar-refractivity contribution in [1.82, 2.24) is 24.5 Å². The van der Waals surface area contributed by atoms with Gasteiger partial charge in [0.05, 0.1) is 11.7 Å². The van der Waals surface area contributed by atoms with Crippen molar-refractivity contribution in [3.05, 3.63) is 48.2 Å². The highest BCUT2D eigenvalue weighted by Gasteiger charge is 2.41. The molecule has 1 saturated carbocycles. The number of rotatable bonds is 6. The molecule has 0 radical (unpaired) electrons. The van der Waals surface area contributed by atoms with Crippen LogP contribution in [0.5, 0.6) is 5.88 Å². The average molecular weight is 610 g/mol. The lowest BCUT2D eigenvalue weighted by Gasteiger charge is -2.34. The molecule has 4 bridgehead atoms. The molecule has 230 valence electrons. The van der Waals surface area contributed by atoms with Crippen molar-refractivity contribution in [2.24, 2.45) is 11.3 Å². The summed E-state index contributed by atoms with van der Waals surface area (Å²) in [6.07, 6.45) is 6.82. The molecule has 6 rings (SSSR count). The average Bonchev–Trinajstić information content (AvgIpc) is 3.35. The molecule has 2 atom stereocenters. The number of ether oxygens (including phenoxy) is 1. The van der Waals surface area contributed by atoms with Crippen LogP contribution >= 0.6 is 0 Å². The Balaban J connectivity index is 1.31. The molecule has 12 nitrogen and oxygen atoms in total. The van der Waals surface area contributed by atoms with Crippen molar-refractivity contribution in [1.29, 1.82) is 0 Å². The van der Waals surface area contributed by atoms with Gasteiger partial charge < -0.3 is 20.1 Å². The van der Waals surface area contributed by atoms with Gasteiger partial charge in [-0.1, -0.05) is 13.0 Å². The SMILES string of the molecule is CC1(CC(O)COc2ccn(-c3ccc4c(n3)N3C[C@@H](CCCNc5cccc(n5)S(=O)(=O)NC4=O)CC3(C)C)n2)CC1. The topological polar surface area (TPSA) is 152 Å². The molecule has 43 heavy (non-hydrogen) atoms. The van der Waals surface area contributed by atoms with Gasteiger partial charge in [0, 0.05) is 30.9 Å². The Kier molecular flexibility index (Phi) is 7.57. The number of hydrogen-bond acceptors (Lipinski definition) is 10. The Hall–Kier alpha value is -3.71. The number of hydrogen-bond donors (Lipinski definition) is 3. The highest BCUT2D eigenvalue weighted by atomic mass is 32.2. The first-order valence-corrected chi connectivity index (χ1v) is 16.3. The fraction of sp³-hybridized carbons (Fsp3) is 0.533. The molecule has 13 heteroatoms. The summed E-state index contributed by atoms with van der Waals surface area (Å²) in [6.45, 7) is 7.87. The summed E-state index contributed by atoms with van der Waals surface area (Å²) in [5.74, 6) is 1.21. The number of sulfonamides is 1. The molecule has 0 spiro atoms. The molecule has 3 aromatic rings. The molecule has 3 N–H and O–H groups in total. The number of fused-ring (bicyclic) bond motifs is 6. The van der Waals surface area contributed by atoms with E-state index in [-0.39, 0.29) is 28.2 Å². The zero-order chi connectivity index (χ0) is 30.4. The van der Waals surface area contributed by atoms with Crippen molar-refractivity contribution in [2.45, 2.75) is 76.0 Å². The molecule has 1 unspecified atom stereocenters. The number of aliphatic hydroxyl groups excluding tert-OH is 1. The van der Waals surface area contributed by atoms with Crippen LogP contribution in [0.3, 0.4) is 0 Å². The van der Waals surface area contributed by atoms with Crippen molar-refractivity contribution >= 4 is 27.6 Å². The van der Waals surface area contributed by atoms with E-state index in [1.165, 1.54) is 6.07 Å². The van der Waals surface area contributed by atoms with Crippen LogP contribution in [0.25, 0.3) is 5.82 Å². The molecule has 3 aliphatic rings. The molecule has 1 aliphatic carbocycles. The van der Waals surface area contributed by atoms with Crippen LogP contribution in [0.4, 0.5) is 11.6 Å². The maximum atomic E-state index is 13.6. The van der Waals surface area contributed by atoms with Crippen molar-refractivity contribution in [3.8, 4) is 11.7 Å². The number of aromatic nitrogens is 4. The smallest absolute Gasteiger partial charge is 0.281 e. The van der Waals surface area contributed by atoms with Gasteiger partial charge in [-0.25, -0.2) is 19.4 Å². The maximum absolute atomic E-state index is 13.6. The maximum Gasteiger partial charge on any atom is 0.281 e. The number of pyridine rings is 2. The van der Waals surface area contributed by atoms with Gasteiger partial charge >= 0.3 is 0 Å². The third-order valence-corrected chi connectivity index (χ3v) is 9.93. The van der Waals surface area contributed by atoms with E-state index in [0.29, 0.717) is 48.8 Å². The normalized spacial score (nSPS) is 22.7. The second-order valence-corrected chi connectivity index (χ2v) is 14.6. The van der Waals surface area contributed by atoms with Crippen LogP contribution in [0.15, 0.2) is 47.6 Å². The molecule has 3 aromatic heterocycles. The van der Waals surface area contributed by atoms with Gasteiger partial charge in [0.15, 0.2) is 10.8 Å². The molecular formula is C30H39N7O5S. The Morgan fingerprint density at radius 1 is 1.14 bits per heavy atom. The predicted octanol–water partition coefficient (Wildman–Crippen LogP) is 3.52. The second-order valence-electron chi connectivity index (χ2n) is 13.0. The van der Waals surface area contributed by atoms with E-state index in [1.807, 2.05) is 0 Å². The number of carbonyl (C=O) groups excluding carboxylic acids is 1. The minimum absolute atomic E-state index is 0.144. The lowest BCUT2D eigenvalue weighted by Crippen LogP contribution is -2.41. The quantitative estimate of drug-likeness (QED) is 0.379. The predicted molar refractivity (Wildman–Crippen MR) is 161 cm³/mol. The summed E-state index contributed by atoms with van der Waals surface area (Å²) in [6, 6.07) is 9.58. The van der Waals surface area contributed by atoms with E-state index in [2.05, 4.69) is 45.8 Å². The fourth-order valence-electron chi connectivity index (χ4n) is 6.14. The molecular weight excluding hydrogens is 570 g/mol. The van der Waals surface area contributed by atoms with Gasteiger partial charge in [0.25, 0.3) is 15.9 Å². The second kappa shape index (κ2) is 11.1. The van der Waals surface area contributed by atoms with Crippen molar-refractivity contribution in [2.75, 3.05) is 29.9 Å². The Morgan fingerprint density at radius 3 is 2.74 bits per heavy atom. The highest BCUT2D eigenvalue weighted by molar-refractivity contribution is 7.90. The lowest BCUT2D eigenvalue weighted by molar-refractivity contribution is 0.0811. The van der Waals surface area contributed by atoms with Crippen molar-refractivity contribution in [3.63, 3.8) is 0 Å². The van der Waals surface area contributed by atoms with Gasteiger partial charge in [-0.15, -0.1) is 5.10 Å². The van der Waals surface area contributed by atoms with Gasteiger partial charge in [0.1, 0.15) is 18.2 Å². The number of amides is 1. The summed E-state index contributed by atoms with van der Waals surface area (Å²) < 4.78 is 35.9. The molecule has 2 aliphatic heterocycles. The van der Waals surface area contributed by atoms with Gasteiger partial charge in [-0.3, -0.25) is 4.79 Å². The van der Waals surface area contributed by atoms with E-state index in [4.69, 9.17) is 9.72 Å². The lowest BCUT2D eigenvalue weighted by atomic mass is 9.93. The number of aliphatic hydroxyl groups is 1.